The molecular weight excluding hydrogens is 174 g/mol. The first kappa shape index (κ1) is 13.9. The largest absolute Gasteiger partial charge is 0.393 e. The van der Waals surface area contributed by atoms with Gasteiger partial charge in [0.1, 0.15) is 0 Å². The van der Waals surface area contributed by atoms with Crippen LogP contribution in [0.4, 0.5) is 0 Å². The van der Waals surface area contributed by atoms with Gasteiger partial charge in [0, 0.05) is 6.04 Å². The van der Waals surface area contributed by atoms with Crippen LogP contribution in [0, 0.1) is 11.8 Å². The molecule has 0 saturated heterocycles. The third-order valence-corrected chi connectivity index (χ3v) is 3.50. The van der Waals surface area contributed by atoms with Crippen molar-refractivity contribution in [1.29, 1.82) is 0 Å². The summed E-state index contributed by atoms with van der Waals surface area (Å²) >= 11 is 0. The molecule has 0 aromatic heterocycles. The average Bonchev–Trinajstić information content (AvgIpc) is 2.22. The maximum Gasteiger partial charge on any atom is 0.0580 e. The first-order valence-electron chi connectivity index (χ1n) is 5.92. The molecule has 0 aliphatic heterocycles. The second-order valence-electron chi connectivity index (χ2n) is 4.47. The van der Waals surface area contributed by atoms with E-state index in [0.29, 0.717) is 17.9 Å². The van der Waals surface area contributed by atoms with Gasteiger partial charge >= 0.3 is 0 Å². The number of rotatable bonds is 7. The molecule has 2 nitrogen and oxygen atoms in total. The highest BCUT2D eigenvalue weighted by atomic mass is 16.3. The zero-order chi connectivity index (χ0) is 11.1. The van der Waals surface area contributed by atoms with Crippen molar-refractivity contribution in [3.05, 3.63) is 0 Å². The molecule has 0 spiro atoms. The standard InChI is InChI=1S/C12H27NO/c1-6-9(3)11(13-5)8-12(14)10(4)7-2/h9-14H,6-8H2,1-5H3. The van der Waals surface area contributed by atoms with Crippen molar-refractivity contribution in [3.63, 3.8) is 0 Å². The molecule has 0 bridgehead atoms. The minimum absolute atomic E-state index is 0.161. The van der Waals surface area contributed by atoms with E-state index in [4.69, 9.17) is 0 Å². The number of hydrogen-bond donors (Lipinski definition) is 2. The molecule has 86 valence electrons. The van der Waals surface area contributed by atoms with Crippen molar-refractivity contribution in [1.82, 2.24) is 5.32 Å². The fourth-order valence-corrected chi connectivity index (χ4v) is 1.68. The molecule has 0 saturated carbocycles. The van der Waals surface area contributed by atoms with E-state index >= 15 is 0 Å². The molecule has 0 rings (SSSR count). The highest BCUT2D eigenvalue weighted by Crippen LogP contribution is 2.18. The van der Waals surface area contributed by atoms with Crippen molar-refractivity contribution in [2.45, 2.75) is 59.1 Å². The van der Waals surface area contributed by atoms with Crippen LogP contribution in [-0.4, -0.2) is 24.3 Å². The van der Waals surface area contributed by atoms with Gasteiger partial charge in [0.05, 0.1) is 6.10 Å². The lowest BCUT2D eigenvalue weighted by atomic mass is 9.89. The fourth-order valence-electron chi connectivity index (χ4n) is 1.68. The highest BCUT2D eigenvalue weighted by molar-refractivity contribution is 4.76. The monoisotopic (exact) mass is 201 g/mol. The average molecular weight is 201 g/mol. The van der Waals surface area contributed by atoms with Crippen molar-refractivity contribution in [2.75, 3.05) is 7.05 Å². The van der Waals surface area contributed by atoms with E-state index in [1.165, 1.54) is 6.42 Å². The normalized spacial score (nSPS) is 20.1. The second-order valence-corrected chi connectivity index (χ2v) is 4.47. The summed E-state index contributed by atoms with van der Waals surface area (Å²) in [6.45, 7) is 8.69. The van der Waals surface area contributed by atoms with Gasteiger partial charge < -0.3 is 10.4 Å². The Labute approximate surface area is 89.1 Å². The van der Waals surface area contributed by atoms with Crippen LogP contribution < -0.4 is 5.32 Å². The molecule has 2 heteroatoms. The molecule has 0 aromatic carbocycles. The summed E-state index contributed by atoms with van der Waals surface area (Å²) in [5, 5.41) is 13.2. The van der Waals surface area contributed by atoms with Crippen molar-refractivity contribution in [3.8, 4) is 0 Å². The summed E-state index contributed by atoms with van der Waals surface area (Å²) < 4.78 is 0. The van der Waals surface area contributed by atoms with Gasteiger partial charge in [0.25, 0.3) is 0 Å². The van der Waals surface area contributed by atoms with Gasteiger partial charge in [-0.15, -0.1) is 0 Å². The lowest BCUT2D eigenvalue weighted by Gasteiger charge is -2.27. The van der Waals surface area contributed by atoms with Crippen LogP contribution in [0.5, 0.6) is 0 Å². The Balaban J connectivity index is 4.03. The van der Waals surface area contributed by atoms with Crippen LogP contribution >= 0.6 is 0 Å². The molecule has 0 heterocycles. The third-order valence-electron chi connectivity index (χ3n) is 3.50. The van der Waals surface area contributed by atoms with Gasteiger partial charge in [-0.25, -0.2) is 0 Å². The van der Waals surface area contributed by atoms with Gasteiger partial charge in [-0.1, -0.05) is 40.5 Å². The quantitative estimate of drug-likeness (QED) is 0.663. The molecule has 0 fully saturated rings. The fraction of sp³-hybridized carbons (Fsp3) is 1.00. The molecule has 0 amide bonds. The van der Waals surface area contributed by atoms with Gasteiger partial charge in [-0.3, -0.25) is 0 Å². The Morgan fingerprint density at radius 2 is 1.57 bits per heavy atom. The zero-order valence-corrected chi connectivity index (χ0v) is 10.4. The van der Waals surface area contributed by atoms with Crippen molar-refractivity contribution < 1.29 is 5.11 Å². The predicted octanol–water partition coefficient (Wildman–Crippen LogP) is 2.42. The number of aliphatic hydroxyl groups is 1. The minimum Gasteiger partial charge on any atom is -0.393 e. The van der Waals surface area contributed by atoms with E-state index in [1.807, 2.05) is 7.05 Å². The van der Waals surface area contributed by atoms with Crippen LogP contribution in [0.15, 0.2) is 0 Å². The highest BCUT2D eigenvalue weighted by Gasteiger charge is 2.20. The lowest BCUT2D eigenvalue weighted by molar-refractivity contribution is 0.0866. The number of nitrogens with one attached hydrogen (secondary N) is 1. The molecule has 14 heavy (non-hydrogen) atoms. The summed E-state index contributed by atoms with van der Waals surface area (Å²) in [4.78, 5) is 0. The van der Waals surface area contributed by atoms with E-state index in [-0.39, 0.29) is 6.10 Å². The maximum absolute atomic E-state index is 9.92. The summed E-state index contributed by atoms with van der Waals surface area (Å²) in [5.41, 5.74) is 0. The topological polar surface area (TPSA) is 32.3 Å². The lowest BCUT2D eigenvalue weighted by Crippen LogP contribution is -2.37. The van der Waals surface area contributed by atoms with E-state index in [0.717, 1.165) is 12.8 Å². The Bertz CT molecular complexity index is 138. The van der Waals surface area contributed by atoms with E-state index in [1.54, 1.807) is 0 Å². The summed E-state index contributed by atoms with van der Waals surface area (Å²) in [5.74, 6) is 1.05. The Hall–Kier alpha value is -0.0800. The van der Waals surface area contributed by atoms with E-state index < -0.39 is 0 Å². The first-order valence-corrected chi connectivity index (χ1v) is 5.92. The van der Waals surface area contributed by atoms with Crippen LogP contribution in [0.25, 0.3) is 0 Å². The van der Waals surface area contributed by atoms with Crippen molar-refractivity contribution in [2.24, 2.45) is 11.8 Å². The van der Waals surface area contributed by atoms with Gasteiger partial charge in [0.2, 0.25) is 0 Å². The molecule has 0 radical (unpaired) electrons. The molecule has 4 unspecified atom stereocenters. The molecular formula is C12H27NO. The molecule has 0 aliphatic carbocycles. The SMILES string of the molecule is CCC(C)C(O)CC(NC)C(C)CC. The predicted molar refractivity (Wildman–Crippen MR) is 62.4 cm³/mol. The van der Waals surface area contributed by atoms with Crippen LogP contribution in [0.3, 0.4) is 0 Å². The molecule has 0 aromatic rings. The van der Waals surface area contributed by atoms with Gasteiger partial charge in [-0.05, 0) is 25.3 Å². The minimum atomic E-state index is -0.161. The summed E-state index contributed by atoms with van der Waals surface area (Å²) in [7, 11) is 1.99. The van der Waals surface area contributed by atoms with E-state index in [9.17, 15) is 5.11 Å². The Morgan fingerprint density at radius 3 is 1.93 bits per heavy atom. The molecule has 4 atom stereocenters. The number of aliphatic hydroxyl groups excluding tert-OH is 1. The summed E-state index contributed by atoms with van der Waals surface area (Å²) in [6.07, 6.45) is 2.93. The Morgan fingerprint density at radius 1 is 1.07 bits per heavy atom. The van der Waals surface area contributed by atoms with Crippen LogP contribution in [0.1, 0.15) is 47.0 Å². The third kappa shape index (κ3) is 4.43. The molecule has 0 aliphatic rings. The van der Waals surface area contributed by atoms with Crippen molar-refractivity contribution >= 4 is 0 Å². The molecule has 2 N–H and O–H groups in total. The smallest absolute Gasteiger partial charge is 0.0580 e. The van der Waals surface area contributed by atoms with Crippen LogP contribution in [0.2, 0.25) is 0 Å². The maximum atomic E-state index is 9.92. The first-order chi connectivity index (χ1) is 6.56. The van der Waals surface area contributed by atoms with Gasteiger partial charge in [-0.2, -0.15) is 0 Å². The van der Waals surface area contributed by atoms with Gasteiger partial charge in [0.15, 0.2) is 0 Å². The zero-order valence-electron chi connectivity index (χ0n) is 10.4. The Kier molecular flexibility index (Phi) is 7.20. The van der Waals surface area contributed by atoms with Crippen LogP contribution in [-0.2, 0) is 0 Å². The van der Waals surface area contributed by atoms with E-state index in [2.05, 4.69) is 33.0 Å². The number of hydrogen-bond acceptors (Lipinski definition) is 2. The summed E-state index contributed by atoms with van der Waals surface area (Å²) in [6, 6.07) is 0.448. The second kappa shape index (κ2) is 7.24.